The third kappa shape index (κ3) is 4.04. The molecule has 2 atom stereocenters. The predicted octanol–water partition coefficient (Wildman–Crippen LogP) is 1.63. The van der Waals surface area contributed by atoms with E-state index < -0.39 is 5.97 Å². The molecule has 114 valence electrons. The van der Waals surface area contributed by atoms with Crippen molar-refractivity contribution in [3.8, 4) is 0 Å². The maximum atomic E-state index is 12.5. The molecule has 5 nitrogen and oxygen atoms in total. The summed E-state index contributed by atoms with van der Waals surface area (Å²) in [4.78, 5) is 23.4. The molecule has 0 aliphatic carbocycles. The Bertz CT molecular complexity index is 516. The van der Waals surface area contributed by atoms with E-state index in [4.69, 9.17) is 5.11 Å². The number of rotatable bonds is 6. The van der Waals surface area contributed by atoms with Gasteiger partial charge in [0.2, 0.25) is 5.91 Å². The lowest BCUT2D eigenvalue weighted by atomic mass is 9.90. The highest BCUT2D eigenvalue weighted by atomic mass is 16.4. The van der Waals surface area contributed by atoms with Gasteiger partial charge in [-0.2, -0.15) is 0 Å². The lowest BCUT2D eigenvalue weighted by Crippen LogP contribution is -2.43. The van der Waals surface area contributed by atoms with Crippen LogP contribution in [-0.4, -0.2) is 29.6 Å². The number of hydrogen-bond acceptors (Lipinski definition) is 3. The van der Waals surface area contributed by atoms with E-state index in [0.717, 1.165) is 24.1 Å². The fourth-order valence-electron chi connectivity index (χ4n) is 2.82. The monoisotopic (exact) mass is 290 g/mol. The molecule has 3 N–H and O–H groups in total. The molecule has 5 heteroatoms. The van der Waals surface area contributed by atoms with E-state index in [1.165, 1.54) is 0 Å². The van der Waals surface area contributed by atoms with Crippen LogP contribution in [0, 0.1) is 0 Å². The first kappa shape index (κ1) is 15.5. The molecule has 21 heavy (non-hydrogen) atoms. The fraction of sp³-hybridized carbons (Fsp3) is 0.500. The third-order valence-corrected chi connectivity index (χ3v) is 3.82. The Hall–Kier alpha value is -1.88. The maximum absolute atomic E-state index is 12.5. The van der Waals surface area contributed by atoms with Crippen molar-refractivity contribution in [3.05, 3.63) is 35.4 Å². The summed E-state index contributed by atoms with van der Waals surface area (Å²) >= 11 is 0. The predicted molar refractivity (Wildman–Crippen MR) is 80.0 cm³/mol. The largest absolute Gasteiger partial charge is 0.481 e. The first-order valence-corrected chi connectivity index (χ1v) is 7.42. The van der Waals surface area contributed by atoms with Crippen LogP contribution in [0.5, 0.6) is 0 Å². The van der Waals surface area contributed by atoms with Crippen LogP contribution < -0.4 is 10.6 Å². The van der Waals surface area contributed by atoms with E-state index >= 15 is 0 Å². The van der Waals surface area contributed by atoms with E-state index in [9.17, 15) is 9.59 Å². The lowest BCUT2D eigenvalue weighted by molar-refractivity contribution is -0.137. The van der Waals surface area contributed by atoms with Gasteiger partial charge in [0.1, 0.15) is 0 Å². The summed E-state index contributed by atoms with van der Waals surface area (Å²) in [6, 6.07) is 7.60. The number of nitrogens with one attached hydrogen (secondary N) is 2. The van der Waals surface area contributed by atoms with E-state index in [0.29, 0.717) is 13.0 Å². The molecule has 0 aromatic heterocycles. The summed E-state index contributed by atoms with van der Waals surface area (Å²) in [5.41, 5.74) is 2.17. The first-order chi connectivity index (χ1) is 10.1. The van der Waals surface area contributed by atoms with Crippen LogP contribution in [0.25, 0.3) is 0 Å². The molecule has 2 rings (SSSR count). The summed E-state index contributed by atoms with van der Waals surface area (Å²) in [6.45, 7) is 3.35. The Kier molecular flexibility index (Phi) is 5.33. The Balaban J connectivity index is 2.08. The van der Waals surface area contributed by atoms with Gasteiger partial charge in [-0.05, 0) is 17.5 Å². The van der Waals surface area contributed by atoms with Crippen LogP contribution >= 0.6 is 0 Å². The van der Waals surface area contributed by atoms with Crippen LogP contribution in [0.2, 0.25) is 0 Å². The Morgan fingerprint density at radius 3 is 2.90 bits per heavy atom. The minimum absolute atomic E-state index is 0.0264. The van der Waals surface area contributed by atoms with Gasteiger partial charge < -0.3 is 15.7 Å². The molecule has 2 unspecified atom stereocenters. The van der Waals surface area contributed by atoms with Gasteiger partial charge in [-0.3, -0.25) is 9.59 Å². The lowest BCUT2D eigenvalue weighted by Gasteiger charge is -2.27. The highest BCUT2D eigenvalue weighted by molar-refractivity contribution is 5.85. The molecule has 0 spiro atoms. The summed E-state index contributed by atoms with van der Waals surface area (Å²) in [5.74, 6) is -1.21. The molecular formula is C16H22N2O3. The molecule has 1 aromatic rings. The van der Waals surface area contributed by atoms with Crippen LogP contribution in [0.3, 0.4) is 0 Å². The average molecular weight is 290 g/mol. The highest BCUT2D eigenvalue weighted by Gasteiger charge is 2.27. The molecule has 0 saturated carbocycles. The van der Waals surface area contributed by atoms with E-state index in [1.54, 1.807) is 0 Å². The van der Waals surface area contributed by atoms with Gasteiger partial charge >= 0.3 is 5.97 Å². The van der Waals surface area contributed by atoms with Gasteiger partial charge in [0.05, 0.1) is 12.3 Å². The van der Waals surface area contributed by atoms with E-state index in [1.807, 2.05) is 31.2 Å². The van der Waals surface area contributed by atoms with Crippen LogP contribution in [-0.2, 0) is 16.1 Å². The minimum atomic E-state index is -0.879. The zero-order chi connectivity index (χ0) is 15.2. The second-order valence-electron chi connectivity index (χ2n) is 5.47. The zero-order valence-corrected chi connectivity index (χ0v) is 12.3. The number of carboxylic acids is 1. The third-order valence-electron chi connectivity index (χ3n) is 3.82. The van der Waals surface area contributed by atoms with Crippen LogP contribution in [0.4, 0.5) is 0 Å². The highest BCUT2D eigenvalue weighted by Crippen LogP contribution is 2.24. The van der Waals surface area contributed by atoms with Gasteiger partial charge in [-0.1, -0.05) is 37.6 Å². The number of benzene rings is 1. The number of carboxylic acid groups (broad SMARTS) is 1. The molecular weight excluding hydrogens is 268 g/mol. The number of carbonyl (C=O) groups excluding carboxylic acids is 1. The molecule has 0 saturated heterocycles. The standard InChI is InChI=1S/C16H22N2O3/c1-2-5-12(8-15(19)20)18-16(21)14-10-17-9-11-6-3-4-7-13(11)14/h3-4,6-7,12,14,17H,2,5,8-10H2,1H3,(H,18,21)(H,19,20). The van der Waals surface area contributed by atoms with Crippen LogP contribution in [0.1, 0.15) is 43.2 Å². The summed E-state index contributed by atoms with van der Waals surface area (Å²) in [5, 5.41) is 15.1. The second-order valence-corrected chi connectivity index (χ2v) is 5.47. The van der Waals surface area contributed by atoms with Gasteiger partial charge in [0.25, 0.3) is 0 Å². The molecule has 0 bridgehead atoms. The number of hydrogen-bond donors (Lipinski definition) is 3. The van der Waals surface area contributed by atoms with Crippen molar-refractivity contribution in [1.82, 2.24) is 10.6 Å². The number of aliphatic carboxylic acids is 1. The number of amides is 1. The van der Waals surface area contributed by atoms with Gasteiger partial charge in [0.15, 0.2) is 0 Å². The van der Waals surface area contributed by atoms with Crippen molar-refractivity contribution in [3.63, 3.8) is 0 Å². The van der Waals surface area contributed by atoms with Crippen molar-refractivity contribution in [2.24, 2.45) is 0 Å². The second kappa shape index (κ2) is 7.22. The van der Waals surface area contributed by atoms with E-state index in [2.05, 4.69) is 10.6 Å². The van der Waals surface area contributed by atoms with Gasteiger partial charge in [-0.25, -0.2) is 0 Å². The normalized spacial score (nSPS) is 18.6. The summed E-state index contributed by atoms with van der Waals surface area (Å²) in [7, 11) is 0. The fourth-order valence-corrected chi connectivity index (χ4v) is 2.82. The van der Waals surface area contributed by atoms with Gasteiger partial charge in [-0.15, -0.1) is 0 Å². The zero-order valence-electron chi connectivity index (χ0n) is 12.3. The van der Waals surface area contributed by atoms with Crippen molar-refractivity contribution >= 4 is 11.9 Å². The number of carbonyl (C=O) groups is 2. The number of fused-ring (bicyclic) bond motifs is 1. The van der Waals surface area contributed by atoms with Crippen molar-refractivity contribution < 1.29 is 14.7 Å². The molecule has 0 radical (unpaired) electrons. The Morgan fingerprint density at radius 2 is 2.19 bits per heavy atom. The summed E-state index contributed by atoms with van der Waals surface area (Å²) in [6.07, 6.45) is 1.50. The van der Waals surface area contributed by atoms with Crippen molar-refractivity contribution in [1.29, 1.82) is 0 Å². The molecule has 1 aliphatic heterocycles. The molecule has 1 amide bonds. The summed E-state index contributed by atoms with van der Waals surface area (Å²) < 4.78 is 0. The molecule has 1 aromatic carbocycles. The minimum Gasteiger partial charge on any atom is -0.481 e. The first-order valence-electron chi connectivity index (χ1n) is 7.42. The van der Waals surface area contributed by atoms with Crippen molar-refractivity contribution in [2.75, 3.05) is 6.54 Å². The SMILES string of the molecule is CCCC(CC(=O)O)NC(=O)C1CNCc2ccccc21. The molecule has 1 heterocycles. The van der Waals surface area contributed by atoms with Crippen LogP contribution in [0.15, 0.2) is 24.3 Å². The molecule has 1 aliphatic rings. The topological polar surface area (TPSA) is 78.4 Å². The smallest absolute Gasteiger partial charge is 0.305 e. The maximum Gasteiger partial charge on any atom is 0.305 e. The average Bonchev–Trinajstić information content (AvgIpc) is 2.46. The van der Waals surface area contributed by atoms with E-state index in [-0.39, 0.29) is 24.3 Å². The Morgan fingerprint density at radius 1 is 1.43 bits per heavy atom. The quantitative estimate of drug-likeness (QED) is 0.744. The van der Waals surface area contributed by atoms with Crippen molar-refractivity contribution in [2.45, 2.75) is 44.7 Å². The Labute approximate surface area is 124 Å². The molecule has 0 fully saturated rings. The van der Waals surface area contributed by atoms with Gasteiger partial charge in [0, 0.05) is 19.1 Å².